The molecule has 0 rings (SSSR count). The van der Waals surface area contributed by atoms with Crippen LogP contribution in [0.15, 0.2) is 25.3 Å². The summed E-state index contributed by atoms with van der Waals surface area (Å²) in [5.41, 5.74) is 0. The molecule has 0 N–H and O–H groups in total. The first-order valence-corrected chi connectivity index (χ1v) is 5.14. The molecule has 5 heteroatoms. The molecule has 0 aliphatic heterocycles. The van der Waals surface area contributed by atoms with Crippen LogP contribution in [-0.4, -0.2) is 27.7 Å². The topological polar surface area (TPSA) is 20.3 Å². The van der Waals surface area contributed by atoms with E-state index in [1.54, 1.807) is 12.2 Å². The highest BCUT2D eigenvalue weighted by Crippen LogP contribution is 2.28. The molecule has 0 aromatic rings. The Hall–Kier alpha value is -0.180. The van der Waals surface area contributed by atoms with E-state index < -0.39 is 9.70 Å². The van der Waals surface area contributed by atoms with Gasteiger partial charge in [-0.25, -0.2) is 0 Å². The van der Waals surface area contributed by atoms with Crippen LogP contribution >= 0.6 is 34.8 Å². The van der Waals surface area contributed by atoms with E-state index in [9.17, 15) is 4.79 Å². The molecule has 0 aromatic carbocycles. The smallest absolute Gasteiger partial charge is 0.275 e. The average Bonchev–Trinajstić information content (AvgIpc) is 2.09. The molecule has 0 unspecified atom stereocenters. The summed E-state index contributed by atoms with van der Waals surface area (Å²) in [6, 6.07) is 0. The van der Waals surface area contributed by atoms with Crippen molar-refractivity contribution in [2.24, 2.45) is 0 Å². The molecule has 80 valence electrons. The fourth-order valence-electron chi connectivity index (χ4n) is 0.858. The van der Waals surface area contributed by atoms with Gasteiger partial charge in [-0.1, -0.05) is 47.0 Å². The van der Waals surface area contributed by atoms with Crippen LogP contribution in [0.25, 0.3) is 0 Å². The largest absolute Gasteiger partial charge is 0.335 e. The minimum atomic E-state index is -1.90. The van der Waals surface area contributed by atoms with E-state index in [4.69, 9.17) is 34.8 Å². The fraction of sp³-hybridized carbons (Fsp3) is 0.444. The second-order valence-electron chi connectivity index (χ2n) is 2.61. The summed E-state index contributed by atoms with van der Waals surface area (Å²) in [4.78, 5) is 12.9. The lowest BCUT2D eigenvalue weighted by atomic mass is 10.3. The van der Waals surface area contributed by atoms with Gasteiger partial charge in [-0.3, -0.25) is 4.79 Å². The number of rotatable bonds is 5. The van der Waals surface area contributed by atoms with Crippen molar-refractivity contribution < 1.29 is 4.79 Å². The van der Waals surface area contributed by atoms with Crippen LogP contribution < -0.4 is 0 Å². The SMILES string of the molecule is C=CCCN(CC=C)C(=O)C(Cl)(Cl)Cl. The summed E-state index contributed by atoms with van der Waals surface area (Å²) in [6.07, 6.45) is 3.93. The van der Waals surface area contributed by atoms with E-state index in [-0.39, 0.29) is 0 Å². The van der Waals surface area contributed by atoms with Gasteiger partial charge in [0.05, 0.1) is 0 Å². The zero-order chi connectivity index (χ0) is 11.2. The highest BCUT2D eigenvalue weighted by molar-refractivity contribution is 6.76. The van der Waals surface area contributed by atoms with Gasteiger partial charge in [-0.2, -0.15) is 0 Å². The van der Waals surface area contributed by atoms with Gasteiger partial charge in [0, 0.05) is 13.1 Å². The van der Waals surface area contributed by atoms with Crippen molar-refractivity contribution in [2.45, 2.75) is 10.2 Å². The molecule has 0 fully saturated rings. The molecule has 0 saturated heterocycles. The van der Waals surface area contributed by atoms with Crippen LogP contribution in [0.1, 0.15) is 6.42 Å². The van der Waals surface area contributed by atoms with Crippen LogP contribution in [0, 0.1) is 0 Å². The average molecular weight is 257 g/mol. The zero-order valence-electron chi connectivity index (χ0n) is 7.68. The number of hydrogen-bond acceptors (Lipinski definition) is 1. The highest BCUT2D eigenvalue weighted by atomic mass is 35.6. The molecule has 0 aliphatic rings. The number of nitrogens with zero attached hydrogens (tertiary/aromatic N) is 1. The van der Waals surface area contributed by atoms with Crippen LogP contribution in [0.2, 0.25) is 0 Å². The third-order valence-corrected chi connectivity index (χ3v) is 1.97. The molecular weight excluding hydrogens is 244 g/mol. The molecule has 0 saturated carbocycles. The van der Waals surface area contributed by atoms with E-state index in [2.05, 4.69) is 13.2 Å². The lowest BCUT2D eigenvalue weighted by molar-refractivity contribution is -0.129. The Kier molecular flexibility index (Phi) is 6.25. The van der Waals surface area contributed by atoms with Crippen molar-refractivity contribution in [1.82, 2.24) is 4.90 Å². The Morgan fingerprint density at radius 1 is 1.29 bits per heavy atom. The minimum Gasteiger partial charge on any atom is -0.335 e. The van der Waals surface area contributed by atoms with E-state index in [0.717, 1.165) is 0 Å². The van der Waals surface area contributed by atoms with Crippen LogP contribution in [0.3, 0.4) is 0 Å². The van der Waals surface area contributed by atoms with E-state index in [1.807, 2.05) is 0 Å². The van der Waals surface area contributed by atoms with Crippen molar-refractivity contribution >= 4 is 40.7 Å². The number of carbonyl (C=O) groups excluding carboxylic acids is 1. The third kappa shape index (κ3) is 4.89. The van der Waals surface area contributed by atoms with Gasteiger partial charge in [-0.05, 0) is 6.42 Å². The van der Waals surface area contributed by atoms with E-state index in [0.29, 0.717) is 19.5 Å². The second-order valence-corrected chi connectivity index (χ2v) is 4.90. The lowest BCUT2D eigenvalue weighted by Crippen LogP contribution is -2.39. The van der Waals surface area contributed by atoms with Crippen molar-refractivity contribution in [3.63, 3.8) is 0 Å². The summed E-state index contributed by atoms with van der Waals surface area (Å²) in [5, 5.41) is 0. The molecule has 0 radical (unpaired) electrons. The number of carbonyl (C=O) groups is 1. The molecule has 0 atom stereocenters. The predicted octanol–water partition coefficient (Wildman–Crippen LogP) is 2.95. The summed E-state index contributed by atoms with van der Waals surface area (Å²) in [5.74, 6) is -0.538. The van der Waals surface area contributed by atoms with Crippen molar-refractivity contribution in [3.8, 4) is 0 Å². The van der Waals surface area contributed by atoms with Crippen LogP contribution in [0.4, 0.5) is 0 Å². The molecule has 2 nitrogen and oxygen atoms in total. The molecule has 0 heterocycles. The maximum atomic E-state index is 11.5. The molecule has 0 aliphatic carbocycles. The first-order chi connectivity index (χ1) is 6.43. The Bertz CT molecular complexity index is 223. The van der Waals surface area contributed by atoms with Crippen LogP contribution in [-0.2, 0) is 4.79 Å². The van der Waals surface area contributed by atoms with Gasteiger partial charge in [0.25, 0.3) is 9.70 Å². The van der Waals surface area contributed by atoms with Crippen molar-refractivity contribution in [3.05, 3.63) is 25.3 Å². The monoisotopic (exact) mass is 255 g/mol. The Labute approximate surface area is 99.1 Å². The molecule has 14 heavy (non-hydrogen) atoms. The first-order valence-electron chi connectivity index (χ1n) is 4.01. The Balaban J connectivity index is 4.39. The van der Waals surface area contributed by atoms with Gasteiger partial charge in [0.15, 0.2) is 0 Å². The number of halogens is 3. The maximum absolute atomic E-state index is 11.5. The number of hydrogen-bond donors (Lipinski definition) is 0. The molecule has 0 bridgehead atoms. The van der Waals surface area contributed by atoms with E-state index >= 15 is 0 Å². The normalized spacial score (nSPS) is 10.8. The van der Waals surface area contributed by atoms with Gasteiger partial charge in [0.1, 0.15) is 0 Å². The summed E-state index contributed by atoms with van der Waals surface area (Å²) >= 11 is 16.4. The van der Waals surface area contributed by atoms with Gasteiger partial charge >= 0.3 is 0 Å². The second kappa shape index (κ2) is 6.33. The summed E-state index contributed by atoms with van der Waals surface area (Å²) in [6.45, 7) is 7.91. The number of amides is 1. The van der Waals surface area contributed by atoms with Gasteiger partial charge < -0.3 is 4.90 Å². The number of alkyl halides is 3. The predicted molar refractivity (Wildman–Crippen MR) is 61.9 cm³/mol. The lowest BCUT2D eigenvalue weighted by Gasteiger charge is -2.24. The standard InChI is InChI=1S/C9H12Cl3NO/c1-3-5-7-13(6-4-2)8(14)9(10,11)12/h3-4H,1-2,5-7H2. The fourth-order valence-corrected chi connectivity index (χ4v) is 1.22. The Morgan fingerprint density at radius 2 is 1.86 bits per heavy atom. The first kappa shape index (κ1) is 13.8. The van der Waals surface area contributed by atoms with Crippen molar-refractivity contribution in [2.75, 3.05) is 13.1 Å². The third-order valence-electron chi connectivity index (χ3n) is 1.48. The molecule has 1 amide bonds. The summed E-state index contributed by atoms with van der Waals surface area (Å²) in [7, 11) is 0. The van der Waals surface area contributed by atoms with Crippen LogP contribution in [0.5, 0.6) is 0 Å². The quantitative estimate of drug-likeness (QED) is 0.547. The molecule has 0 spiro atoms. The maximum Gasteiger partial charge on any atom is 0.275 e. The van der Waals surface area contributed by atoms with Gasteiger partial charge in [0.2, 0.25) is 0 Å². The van der Waals surface area contributed by atoms with Crippen molar-refractivity contribution in [1.29, 1.82) is 0 Å². The zero-order valence-corrected chi connectivity index (χ0v) is 9.95. The molecule has 0 aromatic heterocycles. The summed E-state index contributed by atoms with van der Waals surface area (Å²) < 4.78 is -1.90. The highest BCUT2D eigenvalue weighted by Gasteiger charge is 2.34. The molecular formula is C9H12Cl3NO. The minimum absolute atomic E-state index is 0.362. The van der Waals surface area contributed by atoms with Gasteiger partial charge in [-0.15, -0.1) is 13.2 Å². The van der Waals surface area contributed by atoms with E-state index in [1.165, 1.54) is 4.90 Å². The Morgan fingerprint density at radius 3 is 2.21 bits per heavy atom.